The molecule has 0 aromatic heterocycles. The van der Waals surface area contributed by atoms with Crippen LogP contribution in [0.4, 0.5) is 5.69 Å². The van der Waals surface area contributed by atoms with E-state index in [1.54, 1.807) is 19.1 Å². The van der Waals surface area contributed by atoms with Gasteiger partial charge in [0.15, 0.2) is 0 Å². The molecule has 1 rings (SSSR count). The Kier molecular flexibility index (Phi) is 3.64. The molecule has 1 aromatic rings. The molecule has 4 nitrogen and oxygen atoms in total. The SMILES string of the molecule is CCC(C)(O)C#Cc1cccc([N+](=O)[O-])c1. The molecule has 0 aliphatic rings. The number of nitrogens with zero attached hydrogens (tertiary/aromatic N) is 1. The number of benzene rings is 1. The van der Waals surface area contributed by atoms with Crippen molar-refractivity contribution in [2.45, 2.75) is 25.9 Å². The van der Waals surface area contributed by atoms with Crippen molar-refractivity contribution in [3.8, 4) is 11.8 Å². The summed E-state index contributed by atoms with van der Waals surface area (Å²) in [5.41, 5.74) is -0.518. The first-order chi connectivity index (χ1) is 7.44. The lowest BCUT2D eigenvalue weighted by Crippen LogP contribution is -2.19. The van der Waals surface area contributed by atoms with E-state index in [2.05, 4.69) is 11.8 Å². The molecule has 0 fully saturated rings. The molecule has 0 bridgehead atoms. The summed E-state index contributed by atoms with van der Waals surface area (Å²) >= 11 is 0. The molecular formula is C12H13NO3. The van der Waals surface area contributed by atoms with Crippen LogP contribution in [0.15, 0.2) is 24.3 Å². The van der Waals surface area contributed by atoms with Crippen molar-refractivity contribution in [2.24, 2.45) is 0 Å². The van der Waals surface area contributed by atoms with Crippen molar-refractivity contribution in [2.75, 3.05) is 0 Å². The molecule has 0 radical (unpaired) electrons. The van der Waals surface area contributed by atoms with Gasteiger partial charge in [0.2, 0.25) is 0 Å². The van der Waals surface area contributed by atoms with E-state index in [9.17, 15) is 15.2 Å². The maximum Gasteiger partial charge on any atom is 0.270 e. The van der Waals surface area contributed by atoms with Crippen molar-refractivity contribution >= 4 is 5.69 Å². The second-order valence-electron chi connectivity index (χ2n) is 3.68. The third-order valence-corrected chi connectivity index (χ3v) is 2.22. The van der Waals surface area contributed by atoms with Crippen LogP contribution in [0, 0.1) is 22.0 Å². The van der Waals surface area contributed by atoms with Gasteiger partial charge in [-0.05, 0) is 19.4 Å². The summed E-state index contributed by atoms with van der Waals surface area (Å²) in [5, 5.41) is 20.2. The summed E-state index contributed by atoms with van der Waals surface area (Å²) in [4.78, 5) is 10.0. The van der Waals surface area contributed by atoms with Crippen molar-refractivity contribution in [3.05, 3.63) is 39.9 Å². The zero-order valence-corrected chi connectivity index (χ0v) is 9.23. The smallest absolute Gasteiger partial charge is 0.270 e. The van der Waals surface area contributed by atoms with Crippen molar-refractivity contribution in [1.82, 2.24) is 0 Å². The van der Waals surface area contributed by atoms with Gasteiger partial charge in [0.05, 0.1) is 4.92 Å². The number of hydrogen-bond donors (Lipinski definition) is 1. The highest BCUT2D eigenvalue weighted by Gasteiger charge is 2.12. The predicted molar refractivity (Wildman–Crippen MR) is 60.9 cm³/mol. The van der Waals surface area contributed by atoms with Gasteiger partial charge in [-0.2, -0.15) is 0 Å². The Morgan fingerprint density at radius 2 is 2.25 bits per heavy atom. The summed E-state index contributed by atoms with van der Waals surface area (Å²) in [5.74, 6) is 5.40. The molecule has 1 unspecified atom stereocenters. The molecule has 0 heterocycles. The predicted octanol–water partition coefficient (Wildman–Crippen LogP) is 2.11. The number of nitro benzene ring substituents is 1. The Morgan fingerprint density at radius 3 is 2.81 bits per heavy atom. The third kappa shape index (κ3) is 3.37. The summed E-state index contributed by atoms with van der Waals surface area (Å²) in [6.07, 6.45) is 0.509. The highest BCUT2D eigenvalue weighted by atomic mass is 16.6. The Morgan fingerprint density at radius 1 is 1.56 bits per heavy atom. The van der Waals surface area contributed by atoms with Crippen LogP contribution >= 0.6 is 0 Å². The van der Waals surface area contributed by atoms with Crippen molar-refractivity contribution in [3.63, 3.8) is 0 Å². The lowest BCUT2D eigenvalue weighted by Gasteiger charge is -2.11. The fourth-order valence-electron chi connectivity index (χ4n) is 0.992. The molecule has 4 heteroatoms. The molecule has 0 saturated carbocycles. The summed E-state index contributed by atoms with van der Waals surface area (Å²) in [6.45, 7) is 3.43. The summed E-state index contributed by atoms with van der Waals surface area (Å²) < 4.78 is 0. The number of aliphatic hydroxyl groups is 1. The van der Waals surface area contributed by atoms with Gasteiger partial charge in [0.1, 0.15) is 5.60 Å². The quantitative estimate of drug-likeness (QED) is 0.470. The molecule has 0 saturated heterocycles. The van der Waals surface area contributed by atoms with E-state index in [4.69, 9.17) is 0 Å². The van der Waals surface area contributed by atoms with Crippen LogP contribution < -0.4 is 0 Å². The van der Waals surface area contributed by atoms with Crippen LogP contribution in [0.3, 0.4) is 0 Å². The van der Waals surface area contributed by atoms with E-state index in [-0.39, 0.29) is 5.69 Å². The highest BCUT2D eigenvalue weighted by molar-refractivity contribution is 5.43. The molecule has 16 heavy (non-hydrogen) atoms. The molecule has 0 amide bonds. The van der Waals surface area contributed by atoms with E-state index < -0.39 is 10.5 Å². The zero-order valence-electron chi connectivity index (χ0n) is 9.23. The maximum absolute atomic E-state index is 10.5. The van der Waals surface area contributed by atoms with Gasteiger partial charge in [-0.3, -0.25) is 10.1 Å². The van der Waals surface area contributed by atoms with E-state index >= 15 is 0 Å². The van der Waals surface area contributed by atoms with E-state index in [0.717, 1.165) is 0 Å². The minimum Gasteiger partial charge on any atom is -0.378 e. The van der Waals surface area contributed by atoms with Gasteiger partial charge in [0, 0.05) is 17.7 Å². The average Bonchev–Trinajstić information content (AvgIpc) is 2.27. The van der Waals surface area contributed by atoms with Crippen LogP contribution in [0.5, 0.6) is 0 Å². The first-order valence-electron chi connectivity index (χ1n) is 4.94. The molecule has 0 aliphatic carbocycles. The summed E-state index contributed by atoms with van der Waals surface area (Å²) in [7, 11) is 0. The second kappa shape index (κ2) is 4.77. The summed E-state index contributed by atoms with van der Waals surface area (Å²) in [6, 6.07) is 6.04. The van der Waals surface area contributed by atoms with Gasteiger partial charge in [-0.15, -0.1) is 0 Å². The first-order valence-corrected chi connectivity index (χ1v) is 4.94. The Balaban J connectivity index is 2.98. The van der Waals surface area contributed by atoms with Crippen LogP contribution in [-0.4, -0.2) is 15.6 Å². The molecule has 0 aliphatic heterocycles. The molecule has 1 atom stereocenters. The van der Waals surface area contributed by atoms with Crippen LogP contribution in [0.25, 0.3) is 0 Å². The number of nitro groups is 1. The lowest BCUT2D eigenvalue weighted by atomic mass is 10.0. The highest BCUT2D eigenvalue weighted by Crippen LogP contribution is 2.13. The topological polar surface area (TPSA) is 63.4 Å². The fraction of sp³-hybridized carbons (Fsp3) is 0.333. The zero-order chi connectivity index (χ0) is 12.2. The molecule has 84 valence electrons. The van der Waals surface area contributed by atoms with Crippen molar-refractivity contribution in [1.29, 1.82) is 0 Å². The minimum atomic E-state index is -1.05. The van der Waals surface area contributed by atoms with Gasteiger partial charge in [-0.25, -0.2) is 0 Å². The molecule has 1 aromatic carbocycles. The average molecular weight is 219 g/mol. The first kappa shape index (κ1) is 12.2. The van der Waals surface area contributed by atoms with Gasteiger partial charge in [-0.1, -0.05) is 24.8 Å². The van der Waals surface area contributed by atoms with E-state index in [1.807, 2.05) is 6.92 Å². The van der Waals surface area contributed by atoms with Crippen molar-refractivity contribution < 1.29 is 10.0 Å². The van der Waals surface area contributed by atoms with Gasteiger partial charge in [0.25, 0.3) is 5.69 Å². The Hall–Kier alpha value is -1.86. The van der Waals surface area contributed by atoms with Gasteiger partial charge < -0.3 is 5.11 Å². The maximum atomic E-state index is 10.5. The second-order valence-corrected chi connectivity index (χ2v) is 3.68. The van der Waals surface area contributed by atoms with Gasteiger partial charge >= 0.3 is 0 Å². The Bertz CT molecular complexity index is 455. The molecular weight excluding hydrogens is 206 g/mol. The number of rotatable bonds is 2. The lowest BCUT2D eigenvalue weighted by molar-refractivity contribution is -0.384. The minimum absolute atomic E-state index is 0.00272. The largest absolute Gasteiger partial charge is 0.378 e. The van der Waals surface area contributed by atoms with Crippen LogP contribution in [0.2, 0.25) is 0 Å². The van der Waals surface area contributed by atoms with E-state index in [0.29, 0.717) is 12.0 Å². The normalized spacial score (nSPS) is 13.4. The monoisotopic (exact) mass is 219 g/mol. The molecule has 0 spiro atoms. The molecule has 1 N–H and O–H groups in total. The fourth-order valence-corrected chi connectivity index (χ4v) is 0.992. The third-order valence-electron chi connectivity index (χ3n) is 2.22. The van der Waals surface area contributed by atoms with E-state index in [1.165, 1.54) is 12.1 Å². The standard InChI is InChI=1S/C12H13NO3/c1-3-12(2,14)8-7-10-5-4-6-11(9-10)13(15)16/h4-6,9,14H,3H2,1-2H3. The van der Waals surface area contributed by atoms with Crippen LogP contribution in [-0.2, 0) is 0 Å². The Labute approximate surface area is 94.1 Å². The van der Waals surface area contributed by atoms with Crippen LogP contribution in [0.1, 0.15) is 25.8 Å². The number of non-ortho nitro benzene ring substituents is 1. The number of hydrogen-bond acceptors (Lipinski definition) is 3.